The fourth-order valence-corrected chi connectivity index (χ4v) is 2.23. The normalized spacial score (nSPS) is 18.4. The largest absolute Gasteiger partial charge is 0.391 e. The minimum Gasteiger partial charge on any atom is -0.391 e. The molecule has 106 valence electrons. The molecular formula is C15H17FN2O2. The van der Waals surface area contributed by atoms with Crippen molar-refractivity contribution in [3.63, 3.8) is 0 Å². The van der Waals surface area contributed by atoms with Gasteiger partial charge in [0.25, 0.3) is 5.91 Å². The molecule has 1 aliphatic heterocycles. The molecule has 0 radical (unpaired) electrons. The van der Waals surface area contributed by atoms with E-state index < -0.39 is 17.8 Å². The average Bonchev–Trinajstić information content (AvgIpc) is 2.45. The number of nitrogens with two attached hydrogens (primary N) is 1. The Balaban J connectivity index is 2.24. The SMILES string of the molecule is NCC#Cc1ccc(F)c(C(=O)N2CCCC(O)C2)c1. The summed E-state index contributed by atoms with van der Waals surface area (Å²) >= 11 is 0. The number of aliphatic hydroxyl groups excluding tert-OH is 1. The second kappa shape index (κ2) is 6.51. The first-order valence-electron chi connectivity index (χ1n) is 6.57. The standard InChI is InChI=1S/C15H17FN2O2/c16-14-6-5-11(3-1-7-17)9-13(14)15(20)18-8-2-4-12(19)10-18/h5-6,9,12,19H,2,4,7-8,10,17H2. The number of carbonyl (C=O) groups is 1. The highest BCUT2D eigenvalue weighted by Crippen LogP contribution is 2.17. The minimum absolute atomic E-state index is 0.0112. The molecule has 5 heteroatoms. The highest BCUT2D eigenvalue weighted by atomic mass is 19.1. The van der Waals surface area contributed by atoms with Gasteiger partial charge in [-0.15, -0.1) is 0 Å². The van der Waals surface area contributed by atoms with Crippen molar-refractivity contribution < 1.29 is 14.3 Å². The first-order chi connectivity index (χ1) is 9.61. The molecule has 0 bridgehead atoms. The maximum atomic E-state index is 13.8. The number of β-amino-alcohol motifs (C(OH)–C–C–N with tert-alkyl or cyclic N) is 1. The zero-order valence-corrected chi connectivity index (χ0v) is 11.1. The third-order valence-corrected chi connectivity index (χ3v) is 3.22. The van der Waals surface area contributed by atoms with Crippen molar-refractivity contribution in [1.82, 2.24) is 4.90 Å². The summed E-state index contributed by atoms with van der Waals surface area (Å²) in [5.74, 6) is 4.46. The molecule has 1 amide bonds. The van der Waals surface area contributed by atoms with E-state index in [9.17, 15) is 14.3 Å². The predicted molar refractivity (Wildman–Crippen MR) is 73.5 cm³/mol. The predicted octanol–water partition coefficient (Wildman–Crippen LogP) is 0.733. The van der Waals surface area contributed by atoms with Gasteiger partial charge >= 0.3 is 0 Å². The maximum Gasteiger partial charge on any atom is 0.256 e. The molecule has 0 aromatic heterocycles. The Kier molecular flexibility index (Phi) is 4.72. The molecule has 0 saturated carbocycles. The van der Waals surface area contributed by atoms with Gasteiger partial charge in [0, 0.05) is 18.7 Å². The molecule has 1 aromatic carbocycles. The molecule has 1 unspecified atom stereocenters. The molecular weight excluding hydrogens is 259 g/mol. The second-order valence-electron chi connectivity index (χ2n) is 4.75. The van der Waals surface area contributed by atoms with Gasteiger partial charge in [0.15, 0.2) is 0 Å². The van der Waals surface area contributed by atoms with Crippen LogP contribution in [-0.2, 0) is 0 Å². The van der Waals surface area contributed by atoms with E-state index >= 15 is 0 Å². The number of nitrogens with zero attached hydrogens (tertiary/aromatic N) is 1. The number of hydrogen-bond donors (Lipinski definition) is 2. The van der Waals surface area contributed by atoms with E-state index in [1.165, 1.54) is 23.1 Å². The molecule has 1 aliphatic rings. The van der Waals surface area contributed by atoms with Crippen molar-refractivity contribution in [2.45, 2.75) is 18.9 Å². The van der Waals surface area contributed by atoms with Gasteiger partial charge in [0.05, 0.1) is 18.2 Å². The number of amides is 1. The molecule has 0 spiro atoms. The van der Waals surface area contributed by atoms with Crippen molar-refractivity contribution in [2.75, 3.05) is 19.6 Å². The Morgan fingerprint density at radius 1 is 1.55 bits per heavy atom. The summed E-state index contributed by atoms with van der Waals surface area (Å²) < 4.78 is 13.8. The van der Waals surface area contributed by atoms with Gasteiger partial charge in [0.2, 0.25) is 0 Å². The van der Waals surface area contributed by atoms with Crippen LogP contribution in [-0.4, -0.2) is 41.7 Å². The summed E-state index contributed by atoms with van der Waals surface area (Å²) in [7, 11) is 0. The van der Waals surface area contributed by atoms with E-state index in [1.54, 1.807) is 0 Å². The lowest BCUT2D eigenvalue weighted by Gasteiger charge is -2.30. The molecule has 1 fully saturated rings. The number of piperidine rings is 1. The van der Waals surface area contributed by atoms with Crippen LogP contribution in [0.25, 0.3) is 0 Å². The molecule has 1 saturated heterocycles. The molecule has 2 rings (SSSR count). The van der Waals surface area contributed by atoms with Crippen LogP contribution >= 0.6 is 0 Å². The number of halogens is 1. The van der Waals surface area contributed by atoms with Crippen molar-refractivity contribution >= 4 is 5.91 Å². The van der Waals surface area contributed by atoms with Gasteiger partial charge in [-0.2, -0.15) is 0 Å². The van der Waals surface area contributed by atoms with Gasteiger partial charge in [-0.1, -0.05) is 11.8 Å². The first kappa shape index (κ1) is 14.5. The molecule has 1 atom stereocenters. The number of hydrogen-bond acceptors (Lipinski definition) is 3. The third kappa shape index (κ3) is 3.35. The van der Waals surface area contributed by atoms with E-state index in [0.717, 1.165) is 6.42 Å². The zero-order valence-electron chi connectivity index (χ0n) is 11.1. The highest BCUT2D eigenvalue weighted by molar-refractivity contribution is 5.95. The van der Waals surface area contributed by atoms with Crippen LogP contribution < -0.4 is 5.73 Å². The molecule has 1 heterocycles. The van der Waals surface area contributed by atoms with Crippen LogP contribution in [0, 0.1) is 17.7 Å². The highest BCUT2D eigenvalue weighted by Gasteiger charge is 2.25. The maximum absolute atomic E-state index is 13.8. The van der Waals surface area contributed by atoms with Crippen LogP contribution in [0.1, 0.15) is 28.8 Å². The smallest absolute Gasteiger partial charge is 0.256 e. The molecule has 4 nitrogen and oxygen atoms in total. The lowest BCUT2D eigenvalue weighted by Crippen LogP contribution is -2.42. The van der Waals surface area contributed by atoms with E-state index in [2.05, 4.69) is 11.8 Å². The van der Waals surface area contributed by atoms with Crippen molar-refractivity contribution in [2.24, 2.45) is 5.73 Å². The van der Waals surface area contributed by atoms with E-state index in [1.807, 2.05) is 0 Å². The molecule has 3 N–H and O–H groups in total. The van der Waals surface area contributed by atoms with Gasteiger partial charge in [-0.05, 0) is 31.0 Å². The third-order valence-electron chi connectivity index (χ3n) is 3.22. The van der Waals surface area contributed by atoms with Crippen LogP contribution in [0.3, 0.4) is 0 Å². The Hall–Kier alpha value is -1.90. The molecule has 20 heavy (non-hydrogen) atoms. The zero-order chi connectivity index (χ0) is 14.5. The van der Waals surface area contributed by atoms with Crippen LogP contribution in [0.2, 0.25) is 0 Å². The van der Waals surface area contributed by atoms with E-state index in [0.29, 0.717) is 18.5 Å². The summed E-state index contributed by atoms with van der Waals surface area (Å²) in [5.41, 5.74) is 5.83. The number of aliphatic hydroxyl groups is 1. The number of benzene rings is 1. The van der Waals surface area contributed by atoms with Crippen LogP contribution in [0.5, 0.6) is 0 Å². The monoisotopic (exact) mass is 276 g/mol. The van der Waals surface area contributed by atoms with Gasteiger partial charge in [0.1, 0.15) is 5.82 Å². The molecule has 1 aromatic rings. The van der Waals surface area contributed by atoms with Gasteiger partial charge in [-0.25, -0.2) is 4.39 Å². The lowest BCUT2D eigenvalue weighted by atomic mass is 10.0. The first-order valence-corrected chi connectivity index (χ1v) is 6.57. The van der Waals surface area contributed by atoms with E-state index in [4.69, 9.17) is 5.73 Å². The Labute approximate surface area is 117 Å². The summed E-state index contributed by atoms with van der Waals surface area (Å²) in [5, 5.41) is 9.59. The van der Waals surface area contributed by atoms with Crippen molar-refractivity contribution in [3.8, 4) is 11.8 Å². The second-order valence-corrected chi connectivity index (χ2v) is 4.75. The fraction of sp³-hybridized carbons (Fsp3) is 0.400. The van der Waals surface area contributed by atoms with Crippen molar-refractivity contribution in [3.05, 3.63) is 35.1 Å². The van der Waals surface area contributed by atoms with Crippen molar-refractivity contribution in [1.29, 1.82) is 0 Å². The summed E-state index contributed by atoms with van der Waals surface area (Å²) in [6.45, 7) is 0.990. The van der Waals surface area contributed by atoms with Gasteiger partial charge < -0.3 is 15.7 Å². The number of rotatable bonds is 1. The Morgan fingerprint density at radius 3 is 3.05 bits per heavy atom. The molecule has 0 aliphatic carbocycles. The number of carbonyl (C=O) groups excluding carboxylic acids is 1. The quantitative estimate of drug-likeness (QED) is 0.743. The number of likely N-dealkylation sites (tertiary alicyclic amines) is 1. The Bertz CT molecular complexity index is 563. The topological polar surface area (TPSA) is 66.6 Å². The fourth-order valence-electron chi connectivity index (χ4n) is 2.23. The lowest BCUT2D eigenvalue weighted by molar-refractivity contribution is 0.0470. The van der Waals surface area contributed by atoms with E-state index in [-0.39, 0.29) is 18.7 Å². The summed E-state index contributed by atoms with van der Waals surface area (Å²) in [6, 6.07) is 4.18. The summed E-state index contributed by atoms with van der Waals surface area (Å²) in [4.78, 5) is 13.8. The Morgan fingerprint density at radius 2 is 2.35 bits per heavy atom. The van der Waals surface area contributed by atoms with Crippen LogP contribution in [0.15, 0.2) is 18.2 Å². The average molecular weight is 276 g/mol. The summed E-state index contributed by atoms with van der Waals surface area (Å²) in [6.07, 6.45) is 0.867. The van der Waals surface area contributed by atoms with Gasteiger partial charge in [-0.3, -0.25) is 4.79 Å². The minimum atomic E-state index is -0.576. The van der Waals surface area contributed by atoms with Crippen LogP contribution in [0.4, 0.5) is 4.39 Å².